The summed E-state index contributed by atoms with van der Waals surface area (Å²) in [6.07, 6.45) is 0.963. The van der Waals surface area contributed by atoms with E-state index < -0.39 is 17.6 Å². The third-order valence-corrected chi connectivity index (χ3v) is 4.59. The molecule has 0 aliphatic heterocycles. The number of nitrogens with one attached hydrogen (secondary N) is 1. The first-order valence-corrected chi connectivity index (χ1v) is 10.0. The monoisotopic (exact) mass is 413 g/mol. The van der Waals surface area contributed by atoms with E-state index in [1.165, 1.54) is 0 Å². The van der Waals surface area contributed by atoms with E-state index in [2.05, 4.69) is 5.32 Å². The predicted molar refractivity (Wildman–Crippen MR) is 115 cm³/mol. The van der Waals surface area contributed by atoms with E-state index in [0.29, 0.717) is 6.42 Å². The van der Waals surface area contributed by atoms with E-state index in [1.54, 1.807) is 45.0 Å². The first-order chi connectivity index (χ1) is 13.9. The van der Waals surface area contributed by atoms with Crippen LogP contribution in [0.25, 0.3) is 0 Å². The quantitative estimate of drug-likeness (QED) is 0.601. The molecule has 0 bridgehead atoms. The normalized spacial score (nSPS) is 12.3. The molecular weight excluding hydrogens is 382 g/mol. The van der Waals surface area contributed by atoms with Crippen LogP contribution in [-0.2, 0) is 27.2 Å². The Balaban J connectivity index is 2.07. The standard InChI is InChI=1S/C24H31NO5/c1-15-12-18(13-16(2)22(15)28)8-11-21(27)25-20(23(29)30-24(3,4)5)14-17-6-9-19(26)10-7-17/h6-7,9-10,12-13,20,26,28H,8,11,14H2,1-5H3,(H,25,27). The molecular formula is C24H31NO5. The number of hydrogen-bond acceptors (Lipinski definition) is 5. The number of ether oxygens (including phenoxy) is 1. The fourth-order valence-electron chi connectivity index (χ4n) is 3.15. The summed E-state index contributed by atoms with van der Waals surface area (Å²) in [6.45, 7) is 8.98. The SMILES string of the molecule is Cc1cc(CCC(=O)NC(Cc2ccc(O)cc2)C(=O)OC(C)(C)C)cc(C)c1O. The van der Waals surface area contributed by atoms with Gasteiger partial charge in [0.15, 0.2) is 0 Å². The minimum Gasteiger partial charge on any atom is -0.508 e. The van der Waals surface area contributed by atoms with Crippen LogP contribution >= 0.6 is 0 Å². The van der Waals surface area contributed by atoms with E-state index in [-0.39, 0.29) is 30.2 Å². The molecule has 30 heavy (non-hydrogen) atoms. The van der Waals surface area contributed by atoms with Crippen molar-refractivity contribution in [2.24, 2.45) is 0 Å². The molecule has 6 nitrogen and oxygen atoms in total. The summed E-state index contributed by atoms with van der Waals surface area (Å²) in [5.41, 5.74) is 2.61. The minimum absolute atomic E-state index is 0.135. The highest BCUT2D eigenvalue weighted by Gasteiger charge is 2.27. The second-order valence-corrected chi connectivity index (χ2v) is 8.60. The van der Waals surface area contributed by atoms with Crippen molar-refractivity contribution >= 4 is 11.9 Å². The smallest absolute Gasteiger partial charge is 0.329 e. The first-order valence-electron chi connectivity index (χ1n) is 10.0. The van der Waals surface area contributed by atoms with Gasteiger partial charge in [-0.2, -0.15) is 0 Å². The number of rotatable bonds is 7. The number of phenolic OH excluding ortho intramolecular Hbond substituents is 2. The van der Waals surface area contributed by atoms with Crippen LogP contribution in [0.2, 0.25) is 0 Å². The maximum Gasteiger partial charge on any atom is 0.329 e. The molecule has 3 N–H and O–H groups in total. The summed E-state index contributed by atoms with van der Waals surface area (Å²) >= 11 is 0. The lowest BCUT2D eigenvalue weighted by atomic mass is 10.0. The Morgan fingerprint density at radius 1 is 1.00 bits per heavy atom. The number of hydrogen-bond donors (Lipinski definition) is 3. The van der Waals surface area contributed by atoms with Gasteiger partial charge >= 0.3 is 5.97 Å². The molecule has 162 valence electrons. The van der Waals surface area contributed by atoms with Crippen molar-refractivity contribution in [3.8, 4) is 11.5 Å². The van der Waals surface area contributed by atoms with Crippen LogP contribution in [0.1, 0.15) is 49.4 Å². The van der Waals surface area contributed by atoms with E-state index in [1.807, 2.05) is 26.0 Å². The van der Waals surface area contributed by atoms with Crippen molar-refractivity contribution in [3.05, 3.63) is 58.7 Å². The van der Waals surface area contributed by atoms with Crippen molar-refractivity contribution in [1.29, 1.82) is 0 Å². The van der Waals surface area contributed by atoms with E-state index >= 15 is 0 Å². The lowest BCUT2D eigenvalue weighted by molar-refractivity contribution is -0.158. The second kappa shape index (κ2) is 9.65. The first kappa shape index (κ1) is 23.3. The summed E-state index contributed by atoms with van der Waals surface area (Å²) in [6, 6.07) is 9.39. The molecule has 2 aromatic carbocycles. The van der Waals surface area contributed by atoms with Crippen LogP contribution in [-0.4, -0.2) is 33.7 Å². The summed E-state index contributed by atoms with van der Waals surface area (Å²) in [4.78, 5) is 25.2. The Bertz CT molecular complexity index is 874. The van der Waals surface area contributed by atoms with Crippen molar-refractivity contribution in [2.75, 3.05) is 0 Å². The van der Waals surface area contributed by atoms with Gasteiger partial charge in [-0.1, -0.05) is 24.3 Å². The highest BCUT2D eigenvalue weighted by molar-refractivity contribution is 5.85. The number of esters is 1. The lowest BCUT2D eigenvalue weighted by Gasteiger charge is -2.24. The molecule has 0 aliphatic carbocycles. The molecule has 2 aromatic rings. The number of aryl methyl sites for hydroxylation is 3. The number of aromatic hydroxyl groups is 2. The topological polar surface area (TPSA) is 95.9 Å². The molecule has 0 aromatic heterocycles. The second-order valence-electron chi connectivity index (χ2n) is 8.60. The number of carbonyl (C=O) groups excluding carboxylic acids is 2. The van der Waals surface area contributed by atoms with Crippen LogP contribution in [0.4, 0.5) is 0 Å². The van der Waals surface area contributed by atoms with Gasteiger partial charge in [0.2, 0.25) is 5.91 Å². The van der Waals surface area contributed by atoms with Crippen LogP contribution in [0.3, 0.4) is 0 Å². The molecule has 0 spiro atoms. The van der Waals surface area contributed by atoms with Gasteiger partial charge in [0, 0.05) is 12.8 Å². The zero-order chi connectivity index (χ0) is 22.5. The fourth-order valence-corrected chi connectivity index (χ4v) is 3.15. The van der Waals surface area contributed by atoms with Crippen molar-refractivity contribution in [3.63, 3.8) is 0 Å². The van der Waals surface area contributed by atoms with E-state index in [0.717, 1.165) is 22.3 Å². The van der Waals surface area contributed by atoms with E-state index in [4.69, 9.17) is 4.74 Å². The number of benzene rings is 2. The third kappa shape index (κ3) is 7.10. The number of carbonyl (C=O) groups is 2. The van der Waals surface area contributed by atoms with Crippen LogP contribution in [0.5, 0.6) is 11.5 Å². The third-order valence-electron chi connectivity index (χ3n) is 4.59. The molecule has 0 aliphatic rings. The van der Waals surface area contributed by atoms with Gasteiger partial charge in [0.05, 0.1) is 0 Å². The van der Waals surface area contributed by atoms with Gasteiger partial charge in [-0.05, 0) is 75.4 Å². The minimum atomic E-state index is -0.829. The Morgan fingerprint density at radius 2 is 1.57 bits per heavy atom. The van der Waals surface area contributed by atoms with Crippen LogP contribution < -0.4 is 5.32 Å². The summed E-state index contributed by atoms with van der Waals surface area (Å²) in [5, 5.41) is 22.1. The van der Waals surface area contributed by atoms with Crippen molar-refractivity contribution in [2.45, 2.75) is 65.5 Å². The van der Waals surface area contributed by atoms with Gasteiger partial charge < -0.3 is 20.3 Å². The van der Waals surface area contributed by atoms with E-state index in [9.17, 15) is 19.8 Å². The molecule has 1 atom stereocenters. The highest BCUT2D eigenvalue weighted by atomic mass is 16.6. The zero-order valence-electron chi connectivity index (χ0n) is 18.3. The largest absolute Gasteiger partial charge is 0.508 e. The Kier molecular flexibility index (Phi) is 7.48. The van der Waals surface area contributed by atoms with Gasteiger partial charge in [-0.25, -0.2) is 4.79 Å². The number of phenols is 2. The molecule has 0 heterocycles. The molecule has 0 radical (unpaired) electrons. The average molecular weight is 414 g/mol. The Morgan fingerprint density at radius 3 is 2.10 bits per heavy atom. The molecule has 6 heteroatoms. The van der Waals surface area contributed by atoms with Crippen LogP contribution in [0, 0.1) is 13.8 Å². The van der Waals surface area contributed by atoms with Crippen molar-refractivity contribution in [1.82, 2.24) is 5.32 Å². The van der Waals surface area contributed by atoms with Gasteiger partial charge in [0.1, 0.15) is 23.1 Å². The molecule has 0 saturated heterocycles. The molecule has 1 unspecified atom stereocenters. The van der Waals surface area contributed by atoms with Gasteiger partial charge in [0.25, 0.3) is 0 Å². The predicted octanol–water partition coefficient (Wildman–Crippen LogP) is 3.72. The van der Waals surface area contributed by atoms with Crippen LogP contribution in [0.15, 0.2) is 36.4 Å². The summed E-state index contributed by atoms with van der Waals surface area (Å²) < 4.78 is 5.47. The highest BCUT2D eigenvalue weighted by Crippen LogP contribution is 2.23. The fraction of sp³-hybridized carbons (Fsp3) is 0.417. The molecule has 0 fully saturated rings. The number of amides is 1. The van der Waals surface area contributed by atoms with Gasteiger partial charge in [-0.15, -0.1) is 0 Å². The maximum absolute atomic E-state index is 12.7. The molecule has 2 rings (SSSR count). The van der Waals surface area contributed by atoms with Gasteiger partial charge in [-0.3, -0.25) is 4.79 Å². The Labute approximate surface area is 177 Å². The summed E-state index contributed by atoms with van der Waals surface area (Å²) in [7, 11) is 0. The van der Waals surface area contributed by atoms with Crippen molar-refractivity contribution < 1.29 is 24.5 Å². The molecule has 1 amide bonds. The maximum atomic E-state index is 12.7. The average Bonchev–Trinajstić information content (AvgIpc) is 2.64. The Hall–Kier alpha value is -3.02. The summed E-state index contributed by atoms with van der Waals surface area (Å²) in [5.74, 6) is -0.355. The lowest BCUT2D eigenvalue weighted by Crippen LogP contribution is -2.45. The zero-order valence-corrected chi connectivity index (χ0v) is 18.3. The molecule has 0 saturated carbocycles.